The fourth-order valence-corrected chi connectivity index (χ4v) is 2.46. The van der Waals surface area contributed by atoms with Gasteiger partial charge in [-0.3, -0.25) is 4.99 Å². The molecule has 4 nitrogen and oxygen atoms in total. The second kappa shape index (κ2) is 8.35. The van der Waals surface area contributed by atoms with Crippen molar-refractivity contribution >= 4 is 16.9 Å². The van der Waals surface area contributed by atoms with Crippen molar-refractivity contribution in [3.63, 3.8) is 0 Å². The van der Waals surface area contributed by atoms with E-state index in [1.165, 1.54) is 35.7 Å². The molecule has 2 rings (SSSR count). The molecular weight excluding hydrogens is 260 g/mol. The number of aliphatic imine (C=N–C) groups is 1. The van der Waals surface area contributed by atoms with E-state index in [0.717, 1.165) is 25.9 Å². The highest BCUT2D eigenvalue weighted by molar-refractivity contribution is 5.83. The van der Waals surface area contributed by atoms with Gasteiger partial charge in [-0.15, -0.1) is 0 Å². The molecule has 0 atom stereocenters. The number of para-hydroxylation sites is 1. The highest BCUT2D eigenvalue weighted by atomic mass is 15.1. The summed E-state index contributed by atoms with van der Waals surface area (Å²) in [5.41, 5.74) is 8.37. The number of nitrogens with one attached hydrogen (secondary N) is 2. The Morgan fingerprint density at radius 3 is 2.95 bits per heavy atom. The van der Waals surface area contributed by atoms with Gasteiger partial charge in [-0.05, 0) is 24.5 Å². The van der Waals surface area contributed by atoms with Crippen LogP contribution in [0.3, 0.4) is 0 Å². The van der Waals surface area contributed by atoms with Crippen LogP contribution in [-0.4, -0.2) is 24.0 Å². The lowest BCUT2D eigenvalue weighted by Crippen LogP contribution is -2.33. The summed E-state index contributed by atoms with van der Waals surface area (Å²) in [6.07, 6.45) is 7.91. The van der Waals surface area contributed by atoms with Crippen LogP contribution in [0.4, 0.5) is 0 Å². The number of unbranched alkanes of at least 4 members (excludes halogenated alkanes) is 3. The Morgan fingerprint density at radius 1 is 1.24 bits per heavy atom. The van der Waals surface area contributed by atoms with E-state index in [4.69, 9.17) is 5.73 Å². The van der Waals surface area contributed by atoms with E-state index in [2.05, 4.69) is 46.6 Å². The van der Waals surface area contributed by atoms with Crippen molar-refractivity contribution in [3.05, 3.63) is 36.0 Å². The van der Waals surface area contributed by atoms with Crippen LogP contribution in [0, 0.1) is 0 Å². The van der Waals surface area contributed by atoms with E-state index >= 15 is 0 Å². The minimum Gasteiger partial charge on any atom is -0.370 e. The molecule has 0 aliphatic carbocycles. The monoisotopic (exact) mass is 286 g/mol. The lowest BCUT2D eigenvalue weighted by Gasteiger charge is -2.05. The van der Waals surface area contributed by atoms with Gasteiger partial charge in [0.05, 0.1) is 0 Å². The second-order valence-electron chi connectivity index (χ2n) is 5.36. The SMILES string of the molecule is CCCCCCN=C(N)NCCc1c[nH]c2ccccc12. The molecule has 0 amide bonds. The van der Waals surface area contributed by atoms with E-state index in [1.807, 2.05) is 6.07 Å². The van der Waals surface area contributed by atoms with Crippen LogP contribution < -0.4 is 11.1 Å². The first-order valence-electron chi connectivity index (χ1n) is 7.90. The normalized spacial score (nSPS) is 12.0. The number of hydrogen-bond acceptors (Lipinski definition) is 1. The van der Waals surface area contributed by atoms with Gasteiger partial charge < -0.3 is 16.0 Å². The molecule has 1 aromatic heterocycles. The van der Waals surface area contributed by atoms with Crippen molar-refractivity contribution in [3.8, 4) is 0 Å². The van der Waals surface area contributed by atoms with Crippen LogP contribution in [-0.2, 0) is 6.42 Å². The third-order valence-corrected chi connectivity index (χ3v) is 3.67. The lowest BCUT2D eigenvalue weighted by molar-refractivity contribution is 0.673. The van der Waals surface area contributed by atoms with Gasteiger partial charge in [-0.1, -0.05) is 44.4 Å². The number of nitrogens with zero attached hydrogens (tertiary/aromatic N) is 1. The number of guanidine groups is 1. The zero-order valence-electron chi connectivity index (χ0n) is 12.9. The molecule has 1 aromatic carbocycles. The Kier molecular flexibility index (Phi) is 6.13. The molecule has 0 saturated carbocycles. The van der Waals surface area contributed by atoms with Crippen molar-refractivity contribution in [2.75, 3.05) is 13.1 Å². The maximum Gasteiger partial charge on any atom is 0.188 e. The minimum atomic E-state index is 0.561. The van der Waals surface area contributed by atoms with E-state index in [9.17, 15) is 0 Å². The molecule has 0 spiro atoms. The van der Waals surface area contributed by atoms with Crippen LogP contribution in [0.1, 0.15) is 38.2 Å². The summed E-state index contributed by atoms with van der Waals surface area (Å²) in [5.74, 6) is 0.561. The maximum absolute atomic E-state index is 5.87. The molecule has 4 heteroatoms. The third kappa shape index (κ3) is 4.81. The first-order valence-corrected chi connectivity index (χ1v) is 7.90. The predicted octanol–water partition coefficient (Wildman–Crippen LogP) is 3.20. The van der Waals surface area contributed by atoms with Gasteiger partial charge >= 0.3 is 0 Å². The molecule has 0 aliphatic rings. The summed E-state index contributed by atoms with van der Waals surface area (Å²) in [7, 11) is 0. The number of hydrogen-bond donors (Lipinski definition) is 3. The number of aromatic nitrogens is 1. The summed E-state index contributed by atoms with van der Waals surface area (Å²) in [4.78, 5) is 7.64. The number of rotatable bonds is 8. The summed E-state index contributed by atoms with van der Waals surface area (Å²) < 4.78 is 0. The van der Waals surface area contributed by atoms with Gasteiger partial charge in [0.1, 0.15) is 0 Å². The molecule has 0 saturated heterocycles. The van der Waals surface area contributed by atoms with Gasteiger partial charge in [0.2, 0.25) is 0 Å². The molecule has 0 unspecified atom stereocenters. The van der Waals surface area contributed by atoms with Crippen molar-refractivity contribution in [1.82, 2.24) is 10.3 Å². The van der Waals surface area contributed by atoms with E-state index in [1.54, 1.807) is 0 Å². The molecule has 0 aliphatic heterocycles. The fraction of sp³-hybridized carbons (Fsp3) is 0.471. The Morgan fingerprint density at radius 2 is 2.10 bits per heavy atom. The standard InChI is InChI=1S/C17H26N4/c1-2-3-4-7-11-19-17(18)20-12-10-14-13-21-16-9-6-5-8-15(14)16/h5-6,8-9,13,21H,2-4,7,10-12H2,1H3,(H3,18,19,20). The maximum atomic E-state index is 5.87. The Balaban J connectivity index is 1.72. The largest absolute Gasteiger partial charge is 0.370 e. The average molecular weight is 286 g/mol. The second-order valence-corrected chi connectivity index (χ2v) is 5.36. The molecule has 0 radical (unpaired) electrons. The quantitative estimate of drug-likeness (QED) is 0.396. The number of benzene rings is 1. The first-order chi connectivity index (χ1) is 10.3. The molecule has 0 fully saturated rings. The average Bonchev–Trinajstić information content (AvgIpc) is 2.91. The number of nitrogens with two attached hydrogens (primary N) is 1. The van der Waals surface area contributed by atoms with Crippen LogP contribution >= 0.6 is 0 Å². The summed E-state index contributed by atoms with van der Waals surface area (Å²) >= 11 is 0. The molecule has 2 aromatic rings. The number of fused-ring (bicyclic) bond motifs is 1. The lowest BCUT2D eigenvalue weighted by atomic mass is 10.1. The molecule has 114 valence electrons. The van der Waals surface area contributed by atoms with Crippen molar-refractivity contribution < 1.29 is 0 Å². The van der Waals surface area contributed by atoms with E-state index in [0.29, 0.717) is 5.96 Å². The predicted molar refractivity (Wildman–Crippen MR) is 90.6 cm³/mol. The summed E-state index contributed by atoms with van der Waals surface area (Å²) in [6.45, 7) is 3.85. The highest BCUT2D eigenvalue weighted by Crippen LogP contribution is 2.17. The Labute approximate surface area is 126 Å². The summed E-state index contributed by atoms with van der Waals surface area (Å²) in [6, 6.07) is 8.36. The fourth-order valence-electron chi connectivity index (χ4n) is 2.46. The van der Waals surface area contributed by atoms with Crippen LogP contribution in [0.15, 0.2) is 35.5 Å². The van der Waals surface area contributed by atoms with Crippen LogP contribution in [0.25, 0.3) is 10.9 Å². The zero-order valence-corrected chi connectivity index (χ0v) is 12.9. The third-order valence-electron chi connectivity index (χ3n) is 3.67. The number of H-pyrrole nitrogens is 1. The van der Waals surface area contributed by atoms with Gasteiger partial charge in [0, 0.05) is 30.2 Å². The van der Waals surface area contributed by atoms with Gasteiger partial charge in [-0.25, -0.2) is 0 Å². The minimum absolute atomic E-state index is 0.561. The molecule has 21 heavy (non-hydrogen) atoms. The van der Waals surface area contributed by atoms with Crippen molar-refractivity contribution in [1.29, 1.82) is 0 Å². The van der Waals surface area contributed by atoms with Gasteiger partial charge in [0.25, 0.3) is 0 Å². The molecule has 1 heterocycles. The smallest absolute Gasteiger partial charge is 0.188 e. The van der Waals surface area contributed by atoms with Gasteiger partial charge in [0.15, 0.2) is 5.96 Å². The zero-order chi connectivity index (χ0) is 14.9. The highest BCUT2D eigenvalue weighted by Gasteiger charge is 2.02. The number of aromatic amines is 1. The van der Waals surface area contributed by atoms with Crippen molar-refractivity contribution in [2.24, 2.45) is 10.7 Å². The summed E-state index contributed by atoms with van der Waals surface area (Å²) in [5, 5.41) is 4.48. The first kappa shape index (κ1) is 15.4. The Hall–Kier alpha value is -1.97. The molecule has 0 bridgehead atoms. The van der Waals surface area contributed by atoms with Gasteiger partial charge in [-0.2, -0.15) is 0 Å². The Bertz CT molecular complexity index is 571. The van der Waals surface area contributed by atoms with E-state index in [-0.39, 0.29) is 0 Å². The van der Waals surface area contributed by atoms with Crippen LogP contribution in [0.5, 0.6) is 0 Å². The van der Waals surface area contributed by atoms with E-state index < -0.39 is 0 Å². The topological polar surface area (TPSA) is 66.2 Å². The molecular formula is C17H26N4. The molecule has 4 N–H and O–H groups in total. The van der Waals surface area contributed by atoms with Crippen molar-refractivity contribution in [2.45, 2.75) is 39.0 Å². The van der Waals surface area contributed by atoms with Crippen LogP contribution in [0.2, 0.25) is 0 Å².